The molecule has 0 aromatic heterocycles. The normalized spacial score (nSPS) is 17.0. The van der Waals surface area contributed by atoms with E-state index in [0.29, 0.717) is 6.54 Å². The summed E-state index contributed by atoms with van der Waals surface area (Å²) in [6.07, 6.45) is 3.88. The van der Waals surface area contributed by atoms with Crippen molar-refractivity contribution in [1.82, 2.24) is 0 Å². The number of nitrogens with one attached hydrogen (secondary N) is 1. The van der Waals surface area contributed by atoms with Gasteiger partial charge in [0.05, 0.1) is 5.92 Å². The van der Waals surface area contributed by atoms with Gasteiger partial charge in [-0.2, -0.15) is 0 Å². The third-order valence-electron chi connectivity index (χ3n) is 3.62. The average Bonchev–Trinajstić information content (AvgIpc) is 2.46. The second kappa shape index (κ2) is 6.45. The molecule has 0 radical (unpaired) electrons. The molecule has 1 unspecified atom stereocenters. The maximum Gasteiger partial charge on any atom is 0.308 e. The van der Waals surface area contributed by atoms with Gasteiger partial charge in [-0.15, -0.1) is 0 Å². The van der Waals surface area contributed by atoms with Gasteiger partial charge in [0.1, 0.15) is 0 Å². The summed E-state index contributed by atoms with van der Waals surface area (Å²) in [6.45, 7) is 4.45. The lowest BCUT2D eigenvalue weighted by molar-refractivity contribution is -0.140. The number of carboxylic acids is 1. The average molecular weight is 262 g/mol. The molecule has 1 aromatic rings. The molecule has 4 nitrogen and oxygen atoms in total. The summed E-state index contributed by atoms with van der Waals surface area (Å²) in [6, 6.07) is 8.27. The van der Waals surface area contributed by atoms with Gasteiger partial charge in [0, 0.05) is 31.0 Å². The van der Waals surface area contributed by atoms with Crippen molar-refractivity contribution >= 4 is 17.3 Å². The van der Waals surface area contributed by atoms with Gasteiger partial charge in [-0.25, -0.2) is 0 Å². The van der Waals surface area contributed by atoms with Crippen LogP contribution in [0.15, 0.2) is 24.3 Å². The Labute approximate surface area is 114 Å². The molecular weight excluding hydrogens is 240 g/mol. The molecule has 0 saturated carbocycles. The number of carboxylic acid groups (broad SMARTS) is 1. The summed E-state index contributed by atoms with van der Waals surface area (Å²) in [5.74, 6) is -1.14. The fourth-order valence-corrected chi connectivity index (χ4v) is 2.30. The topological polar surface area (TPSA) is 52.6 Å². The van der Waals surface area contributed by atoms with Crippen molar-refractivity contribution in [3.63, 3.8) is 0 Å². The summed E-state index contributed by atoms with van der Waals surface area (Å²) in [7, 11) is 0. The zero-order valence-electron chi connectivity index (χ0n) is 11.4. The third-order valence-corrected chi connectivity index (χ3v) is 3.62. The van der Waals surface area contributed by atoms with E-state index >= 15 is 0 Å². The van der Waals surface area contributed by atoms with Crippen molar-refractivity contribution in [1.29, 1.82) is 0 Å². The molecule has 0 spiro atoms. The molecule has 0 amide bonds. The highest BCUT2D eigenvalue weighted by Gasteiger charge is 2.12. The Kier molecular flexibility index (Phi) is 4.66. The van der Waals surface area contributed by atoms with Crippen LogP contribution < -0.4 is 10.2 Å². The van der Waals surface area contributed by atoms with Crippen LogP contribution in [-0.2, 0) is 4.79 Å². The highest BCUT2D eigenvalue weighted by Crippen LogP contribution is 2.21. The summed E-state index contributed by atoms with van der Waals surface area (Å²) >= 11 is 0. The van der Waals surface area contributed by atoms with Gasteiger partial charge >= 0.3 is 5.97 Å². The Morgan fingerprint density at radius 1 is 1.26 bits per heavy atom. The molecule has 1 fully saturated rings. The zero-order chi connectivity index (χ0) is 13.7. The Hall–Kier alpha value is -1.71. The molecule has 104 valence electrons. The first-order valence-electron chi connectivity index (χ1n) is 6.98. The number of carbonyl (C=O) groups is 1. The second-order valence-corrected chi connectivity index (χ2v) is 5.21. The smallest absolute Gasteiger partial charge is 0.308 e. The van der Waals surface area contributed by atoms with Crippen LogP contribution in [0.25, 0.3) is 0 Å². The minimum atomic E-state index is -0.766. The predicted octanol–water partition coefficient (Wildman–Crippen LogP) is 2.81. The monoisotopic (exact) mass is 262 g/mol. The Morgan fingerprint density at radius 3 is 2.47 bits per heavy atom. The molecule has 1 aliphatic rings. The zero-order valence-corrected chi connectivity index (χ0v) is 11.4. The molecule has 1 aliphatic heterocycles. The van der Waals surface area contributed by atoms with Crippen molar-refractivity contribution in [3.05, 3.63) is 24.3 Å². The van der Waals surface area contributed by atoms with Crippen LogP contribution in [0.5, 0.6) is 0 Å². The second-order valence-electron chi connectivity index (χ2n) is 5.21. The highest BCUT2D eigenvalue weighted by molar-refractivity contribution is 5.70. The number of hydrogen-bond acceptors (Lipinski definition) is 3. The van der Waals surface area contributed by atoms with Crippen LogP contribution in [0.4, 0.5) is 11.4 Å². The molecular formula is C15H22N2O2. The van der Waals surface area contributed by atoms with E-state index < -0.39 is 5.97 Å². The van der Waals surface area contributed by atoms with E-state index in [1.54, 1.807) is 6.92 Å². The third kappa shape index (κ3) is 3.88. The number of nitrogens with zero attached hydrogens (tertiary/aromatic N) is 1. The molecule has 0 aliphatic carbocycles. The lowest BCUT2D eigenvalue weighted by Gasteiger charge is -2.28. The Bertz CT molecular complexity index is 411. The summed E-state index contributed by atoms with van der Waals surface area (Å²) < 4.78 is 0. The van der Waals surface area contributed by atoms with Crippen molar-refractivity contribution in [2.24, 2.45) is 5.92 Å². The van der Waals surface area contributed by atoms with E-state index in [2.05, 4.69) is 22.3 Å². The molecule has 1 saturated heterocycles. The van der Waals surface area contributed by atoms with Crippen LogP contribution in [0.2, 0.25) is 0 Å². The number of hydrogen-bond donors (Lipinski definition) is 2. The number of benzene rings is 1. The van der Waals surface area contributed by atoms with Crippen LogP contribution >= 0.6 is 0 Å². The molecule has 1 heterocycles. The quantitative estimate of drug-likeness (QED) is 0.856. The van der Waals surface area contributed by atoms with Crippen molar-refractivity contribution < 1.29 is 9.90 Å². The predicted molar refractivity (Wildman–Crippen MR) is 77.8 cm³/mol. The standard InChI is InChI=1S/C15H22N2O2/c1-12(15(18)19)11-16-13-5-7-14(8-6-13)17-9-3-2-4-10-17/h5-8,12,16H,2-4,9-11H2,1H3,(H,18,19). The van der Waals surface area contributed by atoms with Gasteiger partial charge < -0.3 is 15.3 Å². The van der Waals surface area contributed by atoms with Gasteiger partial charge in [-0.05, 0) is 43.5 Å². The van der Waals surface area contributed by atoms with Gasteiger partial charge in [-0.1, -0.05) is 6.92 Å². The van der Waals surface area contributed by atoms with Gasteiger partial charge in [0.2, 0.25) is 0 Å². The maximum atomic E-state index is 10.7. The largest absolute Gasteiger partial charge is 0.481 e. The van der Waals surface area contributed by atoms with Gasteiger partial charge in [0.15, 0.2) is 0 Å². The van der Waals surface area contributed by atoms with Crippen molar-refractivity contribution in [2.75, 3.05) is 29.9 Å². The maximum absolute atomic E-state index is 10.7. The van der Waals surface area contributed by atoms with E-state index in [1.165, 1.54) is 24.9 Å². The molecule has 0 bridgehead atoms. The van der Waals surface area contributed by atoms with Gasteiger partial charge in [-0.3, -0.25) is 4.79 Å². The van der Waals surface area contributed by atoms with Crippen molar-refractivity contribution in [3.8, 4) is 0 Å². The highest BCUT2D eigenvalue weighted by atomic mass is 16.4. The number of aliphatic carboxylic acids is 1. The lowest BCUT2D eigenvalue weighted by Crippen LogP contribution is -2.29. The summed E-state index contributed by atoms with van der Waals surface area (Å²) in [4.78, 5) is 13.1. The van der Waals surface area contributed by atoms with Crippen molar-refractivity contribution in [2.45, 2.75) is 26.2 Å². The van der Waals surface area contributed by atoms with Crippen LogP contribution in [0.1, 0.15) is 26.2 Å². The van der Waals surface area contributed by atoms with E-state index in [0.717, 1.165) is 18.8 Å². The Morgan fingerprint density at radius 2 is 1.89 bits per heavy atom. The van der Waals surface area contributed by atoms with Crippen LogP contribution in [-0.4, -0.2) is 30.7 Å². The van der Waals surface area contributed by atoms with Gasteiger partial charge in [0.25, 0.3) is 0 Å². The molecule has 2 rings (SSSR count). The van der Waals surface area contributed by atoms with E-state index in [4.69, 9.17) is 5.11 Å². The fraction of sp³-hybridized carbons (Fsp3) is 0.533. The summed E-state index contributed by atoms with van der Waals surface area (Å²) in [5.41, 5.74) is 2.24. The van der Waals surface area contributed by atoms with Crippen LogP contribution in [0.3, 0.4) is 0 Å². The number of piperidine rings is 1. The van der Waals surface area contributed by atoms with E-state index in [9.17, 15) is 4.79 Å². The lowest BCUT2D eigenvalue weighted by atomic mass is 10.1. The fourth-order valence-electron chi connectivity index (χ4n) is 2.30. The minimum Gasteiger partial charge on any atom is -0.481 e. The molecule has 1 aromatic carbocycles. The first-order valence-corrected chi connectivity index (χ1v) is 6.98. The SMILES string of the molecule is CC(CNc1ccc(N2CCCCC2)cc1)C(=O)O. The number of anilines is 2. The molecule has 2 N–H and O–H groups in total. The van der Waals surface area contributed by atoms with E-state index in [-0.39, 0.29) is 5.92 Å². The number of rotatable bonds is 5. The molecule has 19 heavy (non-hydrogen) atoms. The molecule has 1 atom stereocenters. The van der Waals surface area contributed by atoms with Crippen LogP contribution in [0, 0.1) is 5.92 Å². The minimum absolute atomic E-state index is 0.373. The first-order chi connectivity index (χ1) is 9.16. The summed E-state index contributed by atoms with van der Waals surface area (Å²) in [5, 5.41) is 12.0. The molecule has 4 heteroatoms. The van der Waals surface area contributed by atoms with E-state index in [1.807, 2.05) is 12.1 Å². The Balaban J connectivity index is 1.89. The first kappa shape index (κ1) is 13.7.